The molecule has 8 heteroatoms. The molecule has 0 aliphatic carbocycles. The summed E-state index contributed by atoms with van der Waals surface area (Å²) < 4.78 is 49.4. The lowest BCUT2D eigenvalue weighted by atomic mass is 10.1. The van der Waals surface area contributed by atoms with E-state index in [2.05, 4.69) is 0 Å². The van der Waals surface area contributed by atoms with Gasteiger partial charge in [-0.25, -0.2) is 17.2 Å². The molecule has 2 aromatic carbocycles. The van der Waals surface area contributed by atoms with Crippen molar-refractivity contribution in [3.8, 4) is 0 Å². The van der Waals surface area contributed by atoms with Crippen molar-refractivity contribution in [3.63, 3.8) is 0 Å². The molecule has 116 valence electrons. The third-order valence-corrected chi connectivity index (χ3v) is 3.95. The molecule has 5 nitrogen and oxygen atoms in total. The number of nitrogens with one attached hydrogen (secondary N) is 2. The minimum absolute atomic E-state index is 0.133. The fourth-order valence-corrected chi connectivity index (χ4v) is 2.54. The molecule has 1 amide bonds. The normalized spacial score (nSPS) is 11.2. The highest BCUT2D eigenvalue weighted by Crippen LogP contribution is 2.09. The Hall–Kier alpha value is -2.32. The van der Waals surface area contributed by atoms with Gasteiger partial charge in [0.15, 0.2) is 0 Å². The van der Waals surface area contributed by atoms with Crippen LogP contribution >= 0.6 is 0 Å². The first-order valence-corrected chi connectivity index (χ1v) is 7.66. The fraction of sp³-hybridized carbons (Fsp3) is 0.0714. The summed E-state index contributed by atoms with van der Waals surface area (Å²) in [5, 5.41) is 0. The van der Waals surface area contributed by atoms with Crippen LogP contribution in [0.15, 0.2) is 53.4 Å². The van der Waals surface area contributed by atoms with E-state index in [4.69, 9.17) is 0 Å². The van der Waals surface area contributed by atoms with E-state index < -0.39 is 27.6 Å². The van der Waals surface area contributed by atoms with Gasteiger partial charge in [0.05, 0.1) is 11.3 Å². The second-order valence-electron chi connectivity index (χ2n) is 4.41. The summed E-state index contributed by atoms with van der Waals surface area (Å²) in [4.78, 5) is 13.2. The number of carbonyl (C=O) groups excluding carboxylic acids is 1. The van der Waals surface area contributed by atoms with Crippen LogP contribution in [-0.4, -0.2) is 14.3 Å². The Bertz CT molecular complexity index is 777. The number of amides is 1. The van der Waals surface area contributed by atoms with Crippen molar-refractivity contribution < 1.29 is 22.0 Å². The molecular formula is C14H12F2N2O3S. The van der Waals surface area contributed by atoms with Gasteiger partial charge in [0.2, 0.25) is 5.91 Å². The molecule has 0 radical (unpaired) electrons. The molecule has 2 rings (SSSR count). The van der Waals surface area contributed by atoms with Gasteiger partial charge >= 0.3 is 0 Å². The van der Waals surface area contributed by atoms with Crippen molar-refractivity contribution in [3.05, 3.63) is 65.7 Å². The summed E-state index contributed by atoms with van der Waals surface area (Å²) in [6.45, 7) is 0. The highest BCUT2D eigenvalue weighted by Gasteiger charge is 2.15. The van der Waals surface area contributed by atoms with Gasteiger partial charge in [-0.2, -0.15) is 0 Å². The van der Waals surface area contributed by atoms with Gasteiger partial charge in [-0.05, 0) is 35.9 Å². The van der Waals surface area contributed by atoms with E-state index in [9.17, 15) is 22.0 Å². The van der Waals surface area contributed by atoms with Gasteiger partial charge in [0.25, 0.3) is 10.0 Å². The zero-order valence-electron chi connectivity index (χ0n) is 11.2. The Morgan fingerprint density at radius 3 is 2.32 bits per heavy atom. The van der Waals surface area contributed by atoms with E-state index in [1.807, 2.05) is 10.3 Å². The maximum absolute atomic E-state index is 13.0. The number of halogens is 2. The molecule has 2 N–H and O–H groups in total. The lowest BCUT2D eigenvalue weighted by Gasteiger charge is -2.08. The molecule has 0 unspecified atom stereocenters. The molecule has 0 aliphatic rings. The van der Waals surface area contributed by atoms with E-state index >= 15 is 0 Å². The predicted octanol–water partition coefficient (Wildman–Crippen LogP) is 1.52. The first kappa shape index (κ1) is 16.1. The molecule has 2 aromatic rings. The van der Waals surface area contributed by atoms with Crippen LogP contribution in [-0.2, 0) is 21.2 Å². The monoisotopic (exact) mass is 326 g/mol. The first-order chi connectivity index (χ1) is 10.4. The molecule has 0 spiro atoms. The van der Waals surface area contributed by atoms with Crippen molar-refractivity contribution in [1.82, 2.24) is 10.3 Å². The van der Waals surface area contributed by atoms with Crippen molar-refractivity contribution in [1.29, 1.82) is 0 Å². The molecule has 0 fully saturated rings. The molecular weight excluding hydrogens is 314 g/mol. The number of hydrogen-bond donors (Lipinski definition) is 2. The molecule has 0 bridgehead atoms. The van der Waals surface area contributed by atoms with E-state index in [1.165, 1.54) is 36.4 Å². The molecule has 0 heterocycles. The maximum Gasteiger partial charge on any atom is 0.257 e. The Labute approximate surface area is 126 Å². The Kier molecular flexibility index (Phi) is 4.84. The van der Waals surface area contributed by atoms with E-state index in [0.717, 1.165) is 12.1 Å². The Morgan fingerprint density at radius 1 is 1.00 bits per heavy atom. The fourth-order valence-electron chi connectivity index (χ4n) is 1.65. The van der Waals surface area contributed by atoms with Gasteiger partial charge in [0, 0.05) is 0 Å². The van der Waals surface area contributed by atoms with Crippen LogP contribution in [0.5, 0.6) is 0 Å². The quantitative estimate of drug-likeness (QED) is 0.818. The van der Waals surface area contributed by atoms with Crippen LogP contribution < -0.4 is 10.3 Å². The van der Waals surface area contributed by atoms with Gasteiger partial charge in [-0.15, -0.1) is 4.83 Å². The summed E-state index contributed by atoms with van der Waals surface area (Å²) in [5.74, 6) is -1.77. The minimum atomic E-state index is -4.06. The molecule has 0 atom stereocenters. The number of hydrazine groups is 1. The second kappa shape index (κ2) is 6.63. The molecule has 0 aliphatic heterocycles. The number of sulfonamides is 1. The summed E-state index contributed by atoms with van der Waals surface area (Å²) in [6, 6.07) is 9.58. The zero-order valence-corrected chi connectivity index (χ0v) is 12.0. The van der Waals surface area contributed by atoms with Gasteiger partial charge < -0.3 is 0 Å². The van der Waals surface area contributed by atoms with Crippen LogP contribution in [0.25, 0.3) is 0 Å². The SMILES string of the molecule is O=C(Cc1ccc(F)cc1)NNS(=O)(=O)c1cccc(F)c1. The number of hydrogen-bond acceptors (Lipinski definition) is 3. The van der Waals surface area contributed by atoms with Crippen LogP contribution in [0.1, 0.15) is 5.56 Å². The van der Waals surface area contributed by atoms with Crippen LogP contribution in [0.2, 0.25) is 0 Å². The number of rotatable bonds is 5. The summed E-state index contributed by atoms with van der Waals surface area (Å²) in [7, 11) is -4.06. The standard InChI is InChI=1S/C14H12F2N2O3S/c15-11-6-4-10(5-7-11)8-14(19)17-18-22(20,21)13-3-1-2-12(16)9-13/h1-7,9,18H,8H2,(H,17,19). The topological polar surface area (TPSA) is 75.3 Å². The van der Waals surface area contributed by atoms with Crippen LogP contribution in [0, 0.1) is 11.6 Å². The van der Waals surface area contributed by atoms with Crippen molar-refractivity contribution >= 4 is 15.9 Å². The van der Waals surface area contributed by atoms with E-state index in [0.29, 0.717) is 5.56 Å². The van der Waals surface area contributed by atoms with Gasteiger partial charge in [0.1, 0.15) is 11.6 Å². The molecule has 0 saturated heterocycles. The predicted molar refractivity (Wildman–Crippen MR) is 75.0 cm³/mol. The highest BCUT2D eigenvalue weighted by atomic mass is 32.2. The van der Waals surface area contributed by atoms with Crippen LogP contribution in [0.3, 0.4) is 0 Å². The van der Waals surface area contributed by atoms with Crippen LogP contribution in [0.4, 0.5) is 8.78 Å². The third kappa shape index (κ3) is 4.34. The summed E-state index contributed by atoms with van der Waals surface area (Å²) in [5.41, 5.74) is 2.53. The Morgan fingerprint density at radius 2 is 1.68 bits per heavy atom. The molecule has 22 heavy (non-hydrogen) atoms. The lowest BCUT2D eigenvalue weighted by Crippen LogP contribution is -2.42. The lowest BCUT2D eigenvalue weighted by molar-refractivity contribution is -0.120. The average Bonchev–Trinajstić information content (AvgIpc) is 2.48. The smallest absolute Gasteiger partial charge is 0.257 e. The average molecular weight is 326 g/mol. The van der Waals surface area contributed by atoms with E-state index in [1.54, 1.807) is 0 Å². The summed E-state index contributed by atoms with van der Waals surface area (Å²) >= 11 is 0. The zero-order chi connectivity index (χ0) is 16.2. The van der Waals surface area contributed by atoms with Crippen molar-refractivity contribution in [2.45, 2.75) is 11.3 Å². The van der Waals surface area contributed by atoms with Gasteiger partial charge in [-0.3, -0.25) is 10.2 Å². The van der Waals surface area contributed by atoms with E-state index in [-0.39, 0.29) is 11.3 Å². The molecule has 0 saturated carbocycles. The number of carbonyl (C=O) groups is 1. The maximum atomic E-state index is 13.0. The van der Waals surface area contributed by atoms with Crippen molar-refractivity contribution in [2.24, 2.45) is 0 Å². The van der Waals surface area contributed by atoms with Gasteiger partial charge in [-0.1, -0.05) is 18.2 Å². The first-order valence-electron chi connectivity index (χ1n) is 6.17. The Balaban J connectivity index is 1.97. The minimum Gasteiger partial charge on any atom is -0.277 e. The summed E-state index contributed by atoms with van der Waals surface area (Å²) in [6.07, 6.45) is -0.133. The third-order valence-electron chi connectivity index (χ3n) is 2.71. The highest BCUT2D eigenvalue weighted by molar-refractivity contribution is 7.89. The largest absolute Gasteiger partial charge is 0.277 e. The number of benzene rings is 2. The second-order valence-corrected chi connectivity index (χ2v) is 6.10. The molecule has 0 aromatic heterocycles. The van der Waals surface area contributed by atoms with Crippen molar-refractivity contribution in [2.75, 3.05) is 0 Å².